The van der Waals surface area contributed by atoms with Crippen molar-refractivity contribution in [3.05, 3.63) is 76.5 Å². The average Bonchev–Trinajstić information content (AvgIpc) is 2.75. The summed E-state index contributed by atoms with van der Waals surface area (Å²) in [6, 6.07) is 11.4. The highest BCUT2D eigenvalue weighted by atomic mass is 79.9. The van der Waals surface area contributed by atoms with Gasteiger partial charge in [-0.15, -0.1) is 0 Å². The Kier molecular flexibility index (Phi) is 6.68. The van der Waals surface area contributed by atoms with Gasteiger partial charge in [-0.25, -0.2) is 4.79 Å². The number of alkyl halides is 3. The zero-order valence-corrected chi connectivity index (χ0v) is 18.1. The summed E-state index contributed by atoms with van der Waals surface area (Å²) >= 11 is 2.87. The third-order valence-corrected chi connectivity index (χ3v) is 4.95. The molecule has 1 aromatic heterocycles. The third-order valence-electron chi connectivity index (χ3n) is 4.26. The molecule has 0 fully saturated rings. The van der Waals surface area contributed by atoms with E-state index >= 15 is 0 Å². The number of anilines is 2. The van der Waals surface area contributed by atoms with Crippen molar-refractivity contribution in [3.63, 3.8) is 0 Å². The maximum Gasteiger partial charge on any atom is 0.417 e. The number of nitrogens with one attached hydrogen (secondary N) is 1. The van der Waals surface area contributed by atoms with Crippen LogP contribution in [0.5, 0.6) is 11.5 Å². The Bertz CT molecular complexity index is 1150. The average molecular weight is 509 g/mol. The van der Waals surface area contributed by atoms with E-state index in [1.54, 1.807) is 6.07 Å². The molecular formula is C21H16BrF3N4O3. The topological polar surface area (TPSA) is 97.5 Å². The van der Waals surface area contributed by atoms with E-state index in [-0.39, 0.29) is 27.4 Å². The van der Waals surface area contributed by atoms with Gasteiger partial charge >= 0.3 is 12.2 Å². The van der Waals surface area contributed by atoms with Gasteiger partial charge in [0.1, 0.15) is 17.2 Å². The third kappa shape index (κ3) is 5.17. The molecule has 2 aromatic carbocycles. The second-order valence-electron chi connectivity index (χ2n) is 6.39. The van der Waals surface area contributed by atoms with Gasteiger partial charge in [0, 0.05) is 23.8 Å². The van der Waals surface area contributed by atoms with Crippen molar-refractivity contribution in [1.82, 2.24) is 10.3 Å². The minimum Gasteiger partial charge on any atom is -0.457 e. The van der Waals surface area contributed by atoms with Crippen LogP contribution in [0.3, 0.4) is 0 Å². The maximum absolute atomic E-state index is 13.2. The predicted molar refractivity (Wildman–Crippen MR) is 115 cm³/mol. The van der Waals surface area contributed by atoms with Crippen molar-refractivity contribution in [2.45, 2.75) is 6.18 Å². The first-order valence-electron chi connectivity index (χ1n) is 9.02. The quantitative estimate of drug-likeness (QED) is 0.492. The summed E-state index contributed by atoms with van der Waals surface area (Å²) in [7, 11) is 1.48. The van der Waals surface area contributed by atoms with Gasteiger partial charge in [-0.2, -0.15) is 13.2 Å². The number of pyridine rings is 1. The van der Waals surface area contributed by atoms with E-state index in [0.717, 1.165) is 11.0 Å². The van der Waals surface area contributed by atoms with Crippen LogP contribution in [-0.2, 0) is 6.18 Å². The Labute approximate surface area is 189 Å². The van der Waals surface area contributed by atoms with Crippen molar-refractivity contribution < 1.29 is 27.5 Å². The normalized spacial score (nSPS) is 11.0. The highest BCUT2D eigenvalue weighted by molar-refractivity contribution is 9.10. The van der Waals surface area contributed by atoms with Crippen molar-refractivity contribution in [1.29, 1.82) is 0 Å². The van der Waals surface area contributed by atoms with Crippen LogP contribution in [0.25, 0.3) is 0 Å². The van der Waals surface area contributed by atoms with Crippen molar-refractivity contribution in [2.24, 2.45) is 5.73 Å². The number of ether oxygens (including phenoxy) is 1. The molecule has 7 nitrogen and oxygen atoms in total. The van der Waals surface area contributed by atoms with Crippen LogP contribution in [0, 0.1) is 0 Å². The monoisotopic (exact) mass is 508 g/mol. The maximum atomic E-state index is 13.2. The Morgan fingerprint density at radius 1 is 1.03 bits per heavy atom. The molecule has 3 aromatic rings. The van der Waals surface area contributed by atoms with E-state index in [9.17, 15) is 22.8 Å². The fourth-order valence-electron chi connectivity index (χ4n) is 2.80. The number of primary amides is 1. The van der Waals surface area contributed by atoms with Crippen LogP contribution >= 0.6 is 15.9 Å². The van der Waals surface area contributed by atoms with Crippen molar-refractivity contribution >= 4 is 39.2 Å². The van der Waals surface area contributed by atoms with Crippen molar-refractivity contribution in [2.75, 3.05) is 11.9 Å². The van der Waals surface area contributed by atoms with Crippen LogP contribution in [0.4, 0.5) is 29.3 Å². The van der Waals surface area contributed by atoms with E-state index in [1.165, 1.54) is 55.7 Å². The Morgan fingerprint density at radius 3 is 2.28 bits per heavy atom. The SMILES string of the molecule is CNC(=O)c1cc(Oc2ccc(N(C(N)=O)c3ccc(Br)c(C(F)(F)F)c3)cc2)ccn1. The first kappa shape index (κ1) is 23.1. The molecule has 1 heterocycles. The molecule has 0 aliphatic carbocycles. The van der Waals surface area contributed by atoms with Gasteiger partial charge in [0.05, 0.1) is 16.9 Å². The van der Waals surface area contributed by atoms with Crippen molar-refractivity contribution in [3.8, 4) is 11.5 Å². The Balaban J connectivity index is 1.88. The molecule has 166 valence electrons. The van der Waals surface area contributed by atoms with Crippen LogP contribution in [-0.4, -0.2) is 24.0 Å². The fourth-order valence-corrected chi connectivity index (χ4v) is 3.27. The second kappa shape index (κ2) is 9.27. The van der Waals surface area contributed by atoms with Gasteiger partial charge in [0.15, 0.2) is 0 Å². The van der Waals surface area contributed by atoms with Crippen LogP contribution < -0.4 is 20.7 Å². The zero-order chi connectivity index (χ0) is 23.5. The largest absolute Gasteiger partial charge is 0.457 e. The number of carbonyl (C=O) groups is 2. The van der Waals surface area contributed by atoms with E-state index in [0.29, 0.717) is 11.5 Å². The number of benzene rings is 2. The minimum absolute atomic E-state index is 0.0500. The van der Waals surface area contributed by atoms with E-state index in [2.05, 4.69) is 26.2 Å². The fraction of sp³-hybridized carbons (Fsp3) is 0.0952. The molecule has 3 rings (SSSR count). The highest BCUT2D eigenvalue weighted by Gasteiger charge is 2.34. The molecule has 0 radical (unpaired) electrons. The molecule has 0 spiro atoms. The Morgan fingerprint density at radius 2 is 1.69 bits per heavy atom. The lowest BCUT2D eigenvalue weighted by Gasteiger charge is -2.22. The molecule has 32 heavy (non-hydrogen) atoms. The molecule has 0 bridgehead atoms. The van der Waals surface area contributed by atoms with E-state index < -0.39 is 17.8 Å². The van der Waals surface area contributed by atoms with Gasteiger partial charge in [0.25, 0.3) is 5.91 Å². The molecule has 3 amide bonds. The first-order chi connectivity index (χ1) is 15.1. The number of halogens is 4. The van der Waals surface area contributed by atoms with E-state index in [4.69, 9.17) is 10.5 Å². The standard InChI is InChI=1S/C21H16BrF3N4O3/c1-27-19(30)18-11-15(8-9-28-18)32-14-5-2-12(3-6-14)29(20(26)31)13-4-7-17(22)16(10-13)21(23,24)25/h2-11H,1H3,(H2,26,31)(H,27,30). The summed E-state index contributed by atoms with van der Waals surface area (Å²) in [5.41, 5.74) is 4.85. The van der Waals surface area contributed by atoms with Gasteiger partial charge in [-0.3, -0.25) is 14.7 Å². The van der Waals surface area contributed by atoms with Gasteiger partial charge in [0.2, 0.25) is 0 Å². The summed E-state index contributed by atoms with van der Waals surface area (Å²) < 4.78 is 45.3. The van der Waals surface area contributed by atoms with Crippen LogP contribution in [0.1, 0.15) is 16.1 Å². The summed E-state index contributed by atoms with van der Waals surface area (Å²) in [5, 5.41) is 2.46. The molecule has 0 saturated heterocycles. The molecule has 11 heteroatoms. The molecule has 3 N–H and O–H groups in total. The number of urea groups is 1. The molecule has 0 saturated carbocycles. The molecule has 0 aliphatic heterocycles. The number of nitrogens with zero attached hydrogens (tertiary/aromatic N) is 2. The molecular weight excluding hydrogens is 493 g/mol. The number of hydrogen-bond acceptors (Lipinski definition) is 4. The predicted octanol–water partition coefficient (Wildman–Crippen LogP) is 5.23. The lowest BCUT2D eigenvalue weighted by molar-refractivity contribution is -0.138. The van der Waals surface area contributed by atoms with Gasteiger partial charge in [-0.1, -0.05) is 15.9 Å². The van der Waals surface area contributed by atoms with E-state index in [1.807, 2.05) is 0 Å². The van der Waals surface area contributed by atoms with Gasteiger partial charge in [-0.05, 0) is 48.5 Å². The van der Waals surface area contributed by atoms with Crippen LogP contribution in [0.15, 0.2) is 65.3 Å². The summed E-state index contributed by atoms with van der Waals surface area (Å²) in [6.07, 6.45) is -3.21. The highest BCUT2D eigenvalue weighted by Crippen LogP contribution is 2.38. The number of carbonyl (C=O) groups excluding carboxylic acids is 2. The van der Waals surface area contributed by atoms with Gasteiger partial charge < -0.3 is 15.8 Å². The summed E-state index contributed by atoms with van der Waals surface area (Å²) in [6.45, 7) is 0. The van der Waals surface area contributed by atoms with Crippen LogP contribution in [0.2, 0.25) is 0 Å². The number of nitrogens with two attached hydrogens (primary N) is 1. The Hall–Kier alpha value is -3.60. The minimum atomic E-state index is -4.62. The second-order valence-corrected chi connectivity index (χ2v) is 7.24. The summed E-state index contributed by atoms with van der Waals surface area (Å²) in [4.78, 5) is 28.6. The number of hydrogen-bond donors (Lipinski definition) is 2. The molecule has 0 aliphatic rings. The first-order valence-corrected chi connectivity index (χ1v) is 9.82. The molecule has 0 unspecified atom stereocenters. The number of amides is 3. The lowest BCUT2D eigenvalue weighted by atomic mass is 10.1. The summed E-state index contributed by atoms with van der Waals surface area (Å²) in [5.74, 6) is 0.329. The molecule has 0 atom stereocenters. The number of aromatic nitrogens is 1. The zero-order valence-electron chi connectivity index (χ0n) is 16.5. The number of rotatable bonds is 5. The lowest BCUT2D eigenvalue weighted by Crippen LogP contribution is -2.31. The smallest absolute Gasteiger partial charge is 0.417 e.